The van der Waals surface area contributed by atoms with Gasteiger partial charge in [-0.15, -0.1) is 0 Å². The van der Waals surface area contributed by atoms with E-state index in [4.69, 9.17) is 10.5 Å². The fraction of sp³-hybridized carbons (Fsp3) is 0.417. The van der Waals surface area contributed by atoms with Crippen molar-refractivity contribution in [3.8, 4) is 0 Å². The van der Waals surface area contributed by atoms with Gasteiger partial charge in [0.15, 0.2) is 0 Å². The third kappa shape index (κ3) is 6.06. The van der Waals surface area contributed by atoms with Crippen LogP contribution >= 0.6 is 0 Å². The summed E-state index contributed by atoms with van der Waals surface area (Å²) in [4.78, 5) is 11.1. The van der Waals surface area contributed by atoms with E-state index in [2.05, 4.69) is 10.0 Å². The Bertz CT molecular complexity index is 572. The summed E-state index contributed by atoms with van der Waals surface area (Å²) >= 11 is 0. The number of methoxy groups -OCH3 is 1. The molecule has 0 aromatic heterocycles. The van der Waals surface area contributed by atoms with Crippen LogP contribution in [-0.2, 0) is 19.6 Å². The first-order chi connectivity index (χ1) is 9.85. The molecule has 0 saturated carbocycles. The highest BCUT2D eigenvalue weighted by Gasteiger charge is 2.15. The van der Waals surface area contributed by atoms with Gasteiger partial charge in [-0.25, -0.2) is 17.5 Å². The van der Waals surface area contributed by atoms with Crippen molar-refractivity contribution in [2.75, 3.05) is 32.5 Å². The van der Waals surface area contributed by atoms with E-state index in [1.54, 1.807) is 0 Å². The SMILES string of the molecule is COCCNC(=O)CCNS(=O)(=O)c1cc(N)cc(F)c1. The van der Waals surface area contributed by atoms with Gasteiger partial charge in [0, 0.05) is 32.3 Å². The molecule has 0 spiro atoms. The maximum Gasteiger partial charge on any atom is 0.240 e. The third-order valence-corrected chi connectivity index (χ3v) is 3.92. The number of sulfonamides is 1. The number of carbonyl (C=O) groups is 1. The van der Waals surface area contributed by atoms with Crippen LogP contribution in [-0.4, -0.2) is 41.1 Å². The zero-order chi connectivity index (χ0) is 15.9. The molecule has 0 aliphatic carbocycles. The van der Waals surface area contributed by atoms with Gasteiger partial charge in [0.05, 0.1) is 11.5 Å². The van der Waals surface area contributed by atoms with Crippen LogP contribution in [0.25, 0.3) is 0 Å². The molecule has 0 heterocycles. The molecule has 118 valence electrons. The number of anilines is 1. The Morgan fingerprint density at radius 2 is 2.05 bits per heavy atom. The number of halogens is 1. The second-order valence-electron chi connectivity index (χ2n) is 4.21. The number of nitrogens with one attached hydrogen (secondary N) is 2. The number of hydrogen-bond donors (Lipinski definition) is 3. The van der Waals surface area contributed by atoms with E-state index in [0.717, 1.165) is 18.2 Å². The molecule has 0 radical (unpaired) electrons. The maximum absolute atomic E-state index is 13.1. The number of benzene rings is 1. The van der Waals surface area contributed by atoms with Gasteiger partial charge in [-0.1, -0.05) is 0 Å². The molecule has 9 heteroatoms. The number of ether oxygens (including phenoxy) is 1. The Balaban J connectivity index is 2.52. The number of amides is 1. The van der Waals surface area contributed by atoms with Crippen molar-refractivity contribution >= 4 is 21.6 Å². The van der Waals surface area contributed by atoms with Gasteiger partial charge in [-0.05, 0) is 18.2 Å². The Morgan fingerprint density at radius 3 is 2.67 bits per heavy atom. The molecule has 4 N–H and O–H groups in total. The zero-order valence-electron chi connectivity index (χ0n) is 11.6. The summed E-state index contributed by atoms with van der Waals surface area (Å²) in [6.07, 6.45) is -0.0340. The fourth-order valence-corrected chi connectivity index (χ4v) is 2.60. The van der Waals surface area contributed by atoms with Crippen LogP contribution in [0.3, 0.4) is 0 Å². The number of hydrogen-bond acceptors (Lipinski definition) is 5. The second-order valence-corrected chi connectivity index (χ2v) is 5.98. The lowest BCUT2D eigenvalue weighted by atomic mass is 10.3. The molecule has 0 aliphatic rings. The molecule has 7 nitrogen and oxygen atoms in total. The zero-order valence-corrected chi connectivity index (χ0v) is 12.4. The predicted molar refractivity (Wildman–Crippen MR) is 75.5 cm³/mol. The van der Waals surface area contributed by atoms with Crippen LogP contribution < -0.4 is 15.8 Å². The topological polar surface area (TPSA) is 111 Å². The van der Waals surface area contributed by atoms with Crippen LogP contribution in [0, 0.1) is 5.82 Å². The molecule has 0 unspecified atom stereocenters. The van der Waals surface area contributed by atoms with Crippen molar-refractivity contribution in [3.05, 3.63) is 24.0 Å². The van der Waals surface area contributed by atoms with E-state index in [1.807, 2.05) is 0 Å². The minimum atomic E-state index is -3.90. The first-order valence-electron chi connectivity index (χ1n) is 6.16. The minimum Gasteiger partial charge on any atom is -0.399 e. The van der Waals surface area contributed by atoms with Crippen LogP contribution in [0.2, 0.25) is 0 Å². The molecule has 1 aromatic carbocycles. The molecule has 0 saturated heterocycles. The van der Waals surface area contributed by atoms with E-state index < -0.39 is 15.8 Å². The Hall–Kier alpha value is -1.71. The van der Waals surface area contributed by atoms with Gasteiger partial charge in [-0.3, -0.25) is 4.79 Å². The lowest BCUT2D eigenvalue weighted by Gasteiger charge is -2.08. The van der Waals surface area contributed by atoms with Crippen LogP contribution in [0.5, 0.6) is 0 Å². The lowest BCUT2D eigenvalue weighted by Crippen LogP contribution is -2.32. The normalized spacial score (nSPS) is 11.3. The summed E-state index contributed by atoms with van der Waals surface area (Å²) in [6, 6.07) is 3.02. The number of nitrogen functional groups attached to an aromatic ring is 1. The van der Waals surface area contributed by atoms with Gasteiger partial charge >= 0.3 is 0 Å². The van der Waals surface area contributed by atoms with E-state index in [0.29, 0.717) is 13.2 Å². The third-order valence-electron chi connectivity index (χ3n) is 2.48. The van der Waals surface area contributed by atoms with Gasteiger partial charge in [0.1, 0.15) is 5.82 Å². The van der Waals surface area contributed by atoms with Crippen molar-refractivity contribution in [1.29, 1.82) is 0 Å². The Kier molecular flexibility index (Phi) is 6.53. The van der Waals surface area contributed by atoms with E-state index in [9.17, 15) is 17.6 Å². The summed E-state index contributed by atoms with van der Waals surface area (Å²) in [5.74, 6) is -1.05. The van der Waals surface area contributed by atoms with Crippen LogP contribution in [0.15, 0.2) is 23.1 Å². The molecular weight excluding hydrogens is 301 g/mol. The van der Waals surface area contributed by atoms with Crippen molar-refractivity contribution in [1.82, 2.24) is 10.0 Å². The summed E-state index contributed by atoms with van der Waals surface area (Å²) in [6.45, 7) is 0.625. The molecule has 0 aliphatic heterocycles. The van der Waals surface area contributed by atoms with Gasteiger partial charge in [-0.2, -0.15) is 0 Å². The Morgan fingerprint density at radius 1 is 1.33 bits per heavy atom. The monoisotopic (exact) mass is 319 g/mol. The van der Waals surface area contributed by atoms with Gasteiger partial charge in [0.25, 0.3) is 0 Å². The van der Waals surface area contributed by atoms with Crippen molar-refractivity contribution in [2.24, 2.45) is 0 Å². The first-order valence-corrected chi connectivity index (χ1v) is 7.65. The summed E-state index contributed by atoms with van der Waals surface area (Å²) in [5, 5.41) is 2.55. The van der Waals surface area contributed by atoms with Crippen molar-refractivity contribution < 1.29 is 22.3 Å². The molecule has 0 fully saturated rings. The average molecular weight is 319 g/mol. The molecule has 0 atom stereocenters. The highest BCUT2D eigenvalue weighted by molar-refractivity contribution is 7.89. The number of carbonyl (C=O) groups excluding carboxylic acids is 1. The molecule has 1 rings (SSSR count). The Labute approximate surface area is 122 Å². The molecular formula is C12H18FN3O4S. The number of nitrogens with two attached hydrogens (primary N) is 1. The molecule has 1 amide bonds. The minimum absolute atomic E-state index is 0.00711. The molecule has 1 aromatic rings. The largest absolute Gasteiger partial charge is 0.399 e. The predicted octanol–water partition coefficient (Wildman–Crippen LogP) is -0.161. The first kappa shape index (κ1) is 17.3. The van der Waals surface area contributed by atoms with Gasteiger partial charge in [0.2, 0.25) is 15.9 Å². The lowest BCUT2D eigenvalue weighted by molar-refractivity contribution is -0.121. The van der Waals surface area contributed by atoms with Crippen LogP contribution in [0.1, 0.15) is 6.42 Å². The van der Waals surface area contributed by atoms with Crippen molar-refractivity contribution in [2.45, 2.75) is 11.3 Å². The maximum atomic E-state index is 13.1. The summed E-state index contributed by atoms with van der Waals surface area (Å²) < 4.78 is 43.9. The standard InChI is InChI=1S/C12H18FN3O4S/c1-20-5-4-15-12(17)2-3-16-21(18,19)11-7-9(13)6-10(14)8-11/h6-8,16H,2-5,14H2,1H3,(H,15,17). The van der Waals surface area contributed by atoms with E-state index in [-0.39, 0.29) is 29.5 Å². The highest BCUT2D eigenvalue weighted by atomic mass is 32.2. The smallest absolute Gasteiger partial charge is 0.240 e. The summed E-state index contributed by atoms with van der Waals surface area (Å²) in [5.41, 5.74) is 5.40. The summed E-state index contributed by atoms with van der Waals surface area (Å²) in [7, 11) is -2.40. The average Bonchev–Trinajstić information content (AvgIpc) is 2.37. The fourth-order valence-electron chi connectivity index (χ4n) is 1.50. The molecule has 0 bridgehead atoms. The number of rotatable bonds is 8. The molecule has 21 heavy (non-hydrogen) atoms. The van der Waals surface area contributed by atoms with Crippen LogP contribution in [0.4, 0.5) is 10.1 Å². The van der Waals surface area contributed by atoms with Gasteiger partial charge < -0.3 is 15.8 Å². The highest BCUT2D eigenvalue weighted by Crippen LogP contribution is 2.15. The van der Waals surface area contributed by atoms with E-state index in [1.165, 1.54) is 7.11 Å². The van der Waals surface area contributed by atoms with E-state index >= 15 is 0 Å². The van der Waals surface area contributed by atoms with Crippen molar-refractivity contribution in [3.63, 3.8) is 0 Å². The quantitative estimate of drug-likeness (QED) is 0.455. The second kappa shape index (κ2) is 7.91.